The third kappa shape index (κ3) is 4.68. The van der Waals surface area contributed by atoms with Crippen molar-refractivity contribution in [2.75, 3.05) is 27.4 Å². The number of ketones is 1. The summed E-state index contributed by atoms with van der Waals surface area (Å²) < 4.78 is 21.5. The summed E-state index contributed by atoms with van der Waals surface area (Å²) in [5.41, 5.74) is 1.36. The molecule has 3 rings (SSSR count). The maximum Gasteiger partial charge on any atom is 0.338 e. The van der Waals surface area contributed by atoms with E-state index < -0.39 is 5.97 Å². The van der Waals surface area contributed by atoms with E-state index in [-0.39, 0.29) is 12.4 Å². The lowest BCUT2D eigenvalue weighted by atomic mass is 10.1. The number of hydrogen-bond acceptors (Lipinski definition) is 7. The standard InChI is InChI=1S/C23H23NO6/c1-4-10-29-23(26)16-7-5-6-15(11-16)19(25)14-30-20-8-9-24-18-13-22(28-3)21(27-2)12-17(18)20/h5-9,11-13H,4,10,14H2,1-3H3. The number of aromatic nitrogens is 1. The average molecular weight is 409 g/mol. The molecule has 0 atom stereocenters. The van der Waals surface area contributed by atoms with Crippen molar-refractivity contribution in [1.29, 1.82) is 0 Å². The number of methoxy groups -OCH3 is 2. The first-order valence-electron chi connectivity index (χ1n) is 9.51. The molecule has 2 aromatic carbocycles. The van der Waals surface area contributed by atoms with Crippen LogP contribution in [0.25, 0.3) is 10.9 Å². The number of esters is 1. The molecule has 0 radical (unpaired) electrons. The van der Waals surface area contributed by atoms with Gasteiger partial charge in [0, 0.05) is 23.2 Å². The molecule has 7 nitrogen and oxygen atoms in total. The Labute approximate surface area is 174 Å². The summed E-state index contributed by atoms with van der Waals surface area (Å²) in [5.74, 6) is 0.872. The second-order valence-corrected chi connectivity index (χ2v) is 6.46. The molecule has 0 unspecified atom stereocenters. The van der Waals surface area contributed by atoms with Gasteiger partial charge in [0.05, 0.1) is 31.9 Å². The third-order valence-corrected chi connectivity index (χ3v) is 4.42. The summed E-state index contributed by atoms with van der Waals surface area (Å²) in [5, 5.41) is 0.694. The fourth-order valence-electron chi connectivity index (χ4n) is 2.90. The minimum Gasteiger partial charge on any atom is -0.493 e. The van der Waals surface area contributed by atoms with Gasteiger partial charge in [-0.15, -0.1) is 0 Å². The molecular weight excluding hydrogens is 386 g/mol. The van der Waals surface area contributed by atoms with Gasteiger partial charge in [0.25, 0.3) is 0 Å². The van der Waals surface area contributed by atoms with Crippen LogP contribution in [0.5, 0.6) is 17.2 Å². The highest BCUT2D eigenvalue weighted by atomic mass is 16.5. The Morgan fingerprint density at radius 1 is 0.933 bits per heavy atom. The monoisotopic (exact) mass is 409 g/mol. The molecule has 3 aromatic rings. The van der Waals surface area contributed by atoms with Gasteiger partial charge in [0.1, 0.15) is 5.75 Å². The van der Waals surface area contributed by atoms with E-state index in [2.05, 4.69) is 4.98 Å². The molecular formula is C23H23NO6. The minimum atomic E-state index is -0.450. The molecule has 1 heterocycles. The molecule has 156 valence electrons. The second kappa shape index (κ2) is 9.73. The number of fused-ring (bicyclic) bond motifs is 1. The van der Waals surface area contributed by atoms with Crippen LogP contribution in [0.1, 0.15) is 34.1 Å². The van der Waals surface area contributed by atoms with E-state index in [0.29, 0.717) is 45.9 Å². The van der Waals surface area contributed by atoms with Crippen LogP contribution in [0.4, 0.5) is 0 Å². The minimum absolute atomic E-state index is 0.194. The van der Waals surface area contributed by atoms with Crippen molar-refractivity contribution in [2.45, 2.75) is 13.3 Å². The highest BCUT2D eigenvalue weighted by Crippen LogP contribution is 2.35. The van der Waals surface area contributed by atoms with E-state index in [0.717, 1.165) is 6.42 Å². The van der Waals surface area contributed by atoms with Crippen LogP contribution in [0, 0.1) is 0 Å². The lowest BCUT2D eigenvalue weighted by Crippen LogP contribution is -2.13. The van der Waals surface area contributed by atoms with Crippen LogP contribution >= 0.6 is 0 Å². The molecule has 30 heavy (non-hydrogen) atoms. The summed E-state index contributed by atoms with van der Waals surface area (Å²) in [6.45, 7) is 2.06. The smallest absolute Gasteiger partial charge is 0.338 e. The number of carbonyl (C=O) groups excluding carboxylic acids is 2. The first kappa shape index (κ1) is 21.1. The molecule has 1 aromatic heterocycles. The average Bonchev–Trinajstić information content (AvgIpc) is 2.79. The topological polar surface area (TPSA) is 84.0 Å². The molecule has 0 spiro atoms. The van der Waals surface area contributed by atoms with Crippen molar-refractivity contribution in [3.05, 3.63) is 59.8 Å². The molecule has 0 amide bonds. The Bertz CT molecular complexity index is 1060. The number of benzene rings is 2. The summed E-state index contributed by atoms with van der Waals surface area (Å²) in [6, 6.07) is 11.6. The Morgan fingerprint density at radius 2 is 1.67 bits per heavy atom. The molecule has 0 saturated heterocycles. The molecule has 0 aliphatic heterocycles. The maximum absolute atomic E-state index is 12.6. The number of pyridine rings is 1. The quantitative estimate of drug-likeness (QED) is 0.389. The zero-order chi connectivity index (χ0) is 21.5. The molecule has 0 N–H and O–H groups in total. The fourth-order valence-corrected chi connectivity index (χ4v) is 2.90. The SMILES string of the molecule is CCCOC(=O)c1cccc(C(=O)COc2ccnc3cc(OC)c(OC)cc23)c1. The first-order valence-corrected chi connectivity index (χ1v) is 9.51. The normalized spacial score (nSPS) is 10.5. The highest BCUT2D eigenvalue weighted by Gasteiger charge is 2.14. The Morgan fingerprint density at radius 3 is 2.40 bits per heavy atom. The number of nitrogens with zero attached hydrogens (tertiary/aromatic N) is 1. The predicted molar refractivity (Wildman–Crippen MR) is 112 cm³/mol. The van der Waals surface area contributed by atoms with Gasteiger partial charge >= 0.3 is 5.97 Å². The lowest BCUT2D eigenvalue weighted by molar-refractivity contribution is 0.0505. The molecule has 0 aliphatic rings. The fraction of sp³-hybridized carbons (Fsp3) is 0.261. The Hall–Kier alpha value is -3.61. The van der Waals surface area contributed by atoms with Crippen molar-refractivity contribution in [3.63, 3.8) is 0 Å². The van der Waals surface area contributed by atoms with Gasteiger partial charge in [-0.1, -0.05) is 19.1 Å². The maximum atomic E-state index is 12.6. The number of ether oxygens (including phenoxy) is 4. The number of rotatable bonds is 9. The van der Waals surface area contributed by atoms with Gasteiger partial charge < -0.3 is 18.9 Å². The van der Waals surface area contributed by atoms with Crippen LogP contribution in [0.2, 0.25) is 0 Å². The predicted octanol–water partition coefficient (Wildman–Crippen LogP) is 4.08. The van der Waals surface area contributed by atoms with Crippen LogP contribution in [-0.4, -0.2) is 44.2 Å². The third-order valence-electron chi connectivity index (χ3n) is 4.42. The van der Waals surface area contributed by atoms with Crippen LogP contribution in [0.3, 0.4) is 0 Å². The molecule has 0 fully saturated rings. The van der Waals surface area contributed by atoms with E-state index in [4.69, 9.17) is 18.9 Å². The van der Waals surface area contributed by atoms with Crippen molar-refractivity contribution in [1.82, 2.24) is 4.98 Å². The number of carbonyl (C=O) groups is 2. The summed E-state index contributed by atoms with van der Waals surface area (Å²) >= 11 is 0. The largest absolute Gasteiger partial charge is 0.493 e. The van der Waals surface area contributed by atoms with E-state index in [1.165, 1.54) is 6.07 Å². The first-order chi connectivity index (χ1) is 14.6. The van der Waals surface area contributed by atoms with Crippen LogP contribution in [-0.2, 0) is 4.74 Å². The van der Waals surface area contributed by atoms with Crippen molar-refractivity contribution >= 4 is 22.7 Å². The zero-order valence-electron chi connectivity index (χ0n) is 17.1. The summed E-state index contributed by atoms with van der Waals surface area (Å²) in [7, 11) is 3.09. The molecule has 0 aliphatic carbocycles. The van der Waals surface area contributed by atoms with Gasteiger partial charge in [0.15, 0.2) is 23.9 Å². The second-order valence-electron chi connectivity index (χ2n) is 6.46. The molecule has 7 heteroatoms. The van der Waals surface area contributed by atoms with Gasteiger partial charge in [-0.2, -0.15) is 0 Å². The Kier molecular flexibility index (Phi) is 6.85. The van der Waals surface area contributed by atoms with E-state index in [1.807, 2.05) is 6.92 Å². The van der Waals surface area contributed by atoms with Gasteiger partial charge in [-0.25, -0.2) is 4.79 Å². The van der Waals surface area contributed by atoms with E-state index in [1.54, 1.807) is 56.8 Å². The van der Waals surface area contributed by atoms with E-state index in [9.17, 15) is 9.59 Å². The molecule has 0 saturated carbocycles. The van der Waals surface area contributed by atoms with E-state index >= 15 is 0 Å². The summed E-state index contributed by atoms with van der Waals surface area (Å²) in [4.78, 5) is 29.0. The zero-order valence-corrected chi connectivity index (χ0v) is 17.1. The highest BCUT2D eigenvalue weighted by molar-refractivity contribution is 6.00. The van der Waals surface area contributed by atoms with Gasteiger partial charge in [-0.05, 0) is 30.7 Å². The number of hydrogen-bond donors (Lipinski definition) is 0. The van der Waals surface area contributed by atoms with Gasteiger partial charge in [-0.3, -0.25) is 9.78 Å². The van der Waals surface area contributed by atoms with Gasteiger partial charge in [0.2, 0.25) is 0 Å². The summed E-state index contributed by atoms with van der Waals surface area (Å²) in [6.07, 6.45) is 2.33. The van der Waals surface area contributed by atoms with Crippen LogP contribution < -0.4 is 14.2 Å². The Balaban J connectivity index is 1.78. The van der Waals surface area contributed by atoms with Crippen molar-refractivity contribution < 1.29 is 28.5 Å². The lowest BCUT2D eigenvalue weighted by Gasteiger charge is -2.12. The number of Topliss-reactive ketones (excluding diaryl/α,β-unsaturated/α-hetero) is 1. The van der Waals surface area contributed by atoms with Crippen LogP contribution in [0.15, 0.2) is 48.7 Å². The van der Waals surface area contributed by atoms with Crippen molar-refractivity contribution in [2.24, 2.45) is 0 Å². The molecule has 0 bridgehead atoms. The van der Waals surface area contributed by atoms with Crippen molar-refractivity contribution in [3.8, 4) is 17.2 Å².